The first-order chi connectivity index (χ1) is 23.9. The molecular weight excluding hydrogens is 659 g/mol. The molecule has 12 nitrogen and oxygen atoms in total. The number of carboxylic acid groups (broad SMARTS) is 1. The molecule has 6 rings (SSSR count). The highest BCUT2D eigenvalue weighted by Crippen LogP contribution is 2.38. The number of carbonyl (C=O) groups is 3. The van der Waals surface area contributed by atoms with Crippen LogP contribution in [-0.4, -0.2) is 92.5 Å². The standard InChI is InChI=1S/C30H31N5O4.C7H8O3S/c1-33-14-16-35(17-15-33)19-26(36)34(2)23-11-9-22(10-12-23)31-28(20-6-4-3-5-7-20)27-24-13-8-21(30(38)39)18-25(24)32-29(27)37;8-11(9,10)6-7-4-2-1-3-5-7/h3-13,18,31H,14-17,19H2,1-2H3,(H,32,37)(H,38,39);1-5H,6H2,(H,8,9,10)/b28-27-;. The van der Waals surface area contributed by atoms with Crippen molar-refractivity contribution in [1.82, 2.24) is 9.80 Å². The van der Waals surface area contributed by atoms with E-state index in [1.54, 1.807) is 48.3 Å². The summed E-state index contributed by atoms with van der Waals surface area (Å²) in [6.07, 6.45) is 0. The molecule has 0 bridgehead atoms. The number of carboxylic acids is 1. The van der Waals surface area contributed by atoms with Crippen molar-refractivity contribution in [3.05, 3.63) is 125 Å². The van der Waals surface area contributed by atoms with Crippen LogP contribution in [0.15, 0.2) is 103 Å². The summed E-state index contributed by atoms with van der Waals surface area (Å²) in [6, 6.07) is 30.1. The SMILES string of the molecule is CN1CCN(CC(=O)N(C)c2ccc(N/C(=C3\C(=O)Nc4cc(C(=O)O)ccc43)c3ccccc3)cc2)CC1.O=S(=O)(O)Cc1ccccc1. The molecule has 0 atom stereocenters. The number of benzene rings is 4. The fourth-order valence-corrected chi connectivity index (χ4v) is 6.20. The van der Waals surface area contributed by atoms with Gasteiger partial charge in [-0.05, 0) is 54.6 Å². The van der Waals surface area contributed by atoms with Gasteiger partial charge in [-0.15, -0.1) is 0 Å². The predicted octanol–water partition coefficient (Wildman–Crippen LogP) is 4.60. The van der Waals surface area contributed by atoms with Crippen LogP contribution in [-0.2, 0) is 25.5 Å². The van der Waals surface area contributed by atoms with Crippen LogP contribution in [0.25, 0.3) is 11.3 Å². The second-order valence-electron chi connectivity index (χ2n) is 12.1. The number of fused-ring (bicyclic) bond motifs is 1. The number of amides is 2. The van der Waals surface area contributed by atoms with Crippen LogP contribution >= 0.6 is 0 Å². The van der Waals surface area contributed by atoms with Gasteiger partial charge in [-0.2, -0.15) is 8.42 Å². The molecule has 50 heavy (non-hydrogen) atoms. The molecule has 0 spiro atoms. The van der Waals surface area contributed by atoms with Crippen LogP contribution in [0, 0.1) is 0 Å². The number of likely N-dealkylation sites (N-methyl/N-ethyl adjacent to an activating group) is 2. The Bertz CT molecular complexity index is 1980. The number of nitrogens with zero attached hydrogens (tertiary/aromatic N) is 3. The van der Waals surface area contributed by atoms with E-state index in [9.17, 15) is 27.9 Å². The van der Waals surface area contributed by atoms with Gasteiger partial charge in [0.05, 0.1) is 29.1 Å². The van der Waals surface area contributed by atoms with E-state index in [1.165, 1.54) is 12.1 Å². The molecule has 1 saturated heterocycles. The van der Waals surface area contributed by atoms with Crippen LogP contribution in [0.2, 0.25) is 0 Å². The maximum atomic E-state index is 13.1. The van der Waals surface area contributed by atoms with Crippen LogP contribution in [0.4, 0.5) is 17.1 Å². The van der Waals surface area contributed by atoms with E-state index in [4.69, 9.17) is 4.55 Å². The Morgan fingerprint density at radius 1 is 0.860 bits per heavy atom. The Morgan fingerprint density at radius 3 is 2.08 bits per heavy atom. The van der Waals surface area contributed by atoms with Crippen molar-refractivity contribution in [2.45, 2.75) is 5.75 Å². The normalized spacial score (nSPS) is 15.6. The summed E-state index contributed by atoms with van der Waals surface area (Å²) in [5.74, 6) is -1.65. The summed E-state index contributed by atoms with van der Waals surface area (Å²) in [5, 5.41) is 15.5. The van der Waals surface area contributed by atoms with E-state index in [0.29, 0.717) is 34.6 Å². The highest BCUT2D eigenvalue weighted by atomic mass is 32.2. The smallest absolute Gasteiger partial charge is 0.335 e. The molecule has 4 aromatic rings. The maximum absolute atomic E-state index is 13.1. The molecule has 2 aliphatic rings. The van der Waals surface area contributed by atoms with E-state index in [1.807, 2.05) is 54.6 Å². The number of carbonyl (C=O) groups excluding carboxylic acids is 2. The van der Waals surface area contributed by atoms with Gasteiger partial charge in [0.15, 0.2) is 0 Å². The Hall–Kier alpha value is -5.34. The number of hydrogen-bond acceptors (Lipinski definition) is 8. The van der Waals surface area contributed by atoms with Crippen LogP contribution in [0.3, 0.4) is 0 Å². The van der Waals surface area contributed by atoms with Gasteiger partial charge in [-0.3, -0.25) is 19.0 Å². The lowest BCUT2D eigenvalue weighted by Crippen LogP contribution is -2.48. The monoisotopic (exact) mass is 697 g/mol. The fraction of sp³-hybridized carbons (Fsp3) is 0.216. The van der Waals surface area contributed by atoms with Crippen molar-refractivity contribution in [2.75, 3.05) is 62.4 Å². The molecule has 13 heteroatoms. The first-order valence-corrected chi connectivity index (χ1v) is 17.5. The molecule has 1 fully saturated rings. The van der Waals surface area contributed by atoms with Crippen molar-refractivity contribution in [2.24, 2.45) is 0 Å². The minimum absolute atomic E-state index is 0.0346. The average molecular weight is 698 g/mol. The quantitative estimate of drug-likeness (QED) is 0.144. The molecule has 4 N–H and O–H groups in total. The van der Waals surface area contributed by atoms with E-state index in [-0.39, 0.29) is 23.1 Å². The van der Waals surface area contributed by atoms with Gasteiger partial charge in [0.1, 0.15) is 5.75 Å². The van der Waals surface area contributed by atoms with Crippen molar-refractivity contribution >= 4 is 56.2 Å². The summed E-state index contributed by atoms with van der Waals surface area (Å²) in [5.41, 5.74) is 5.14. The number of aromatic carboxylic acids is 1. The molecule has 0 radical (unpaired) electrons. The zero-order valence-electron chi connectivity index (χ0n) is 27.7. The minimum atomic E-state index is -3.88. The first kappa shape index (κ1) is 36.0. The lowest BCUT2D eigenvalue weighted by molar-refractivity contribution is -0.119. The summed E-state index contributed by atoms with van der Waals surface area (Å²) in [7, 11) is -0.00564. The van der Waals surface area contributed by atoms with E-state index in [2.05, 4.69) is 27.5 Å². The highest BCUT2D eigenvalue weighted by Gasteiger charge is 2.29. The van der Waals surface area contributed by atoms with Crippen LogP contribution in [0.5, 0.6) is 0 Å². The zero-order valence-corrected chi connectivity index (χ0v) is 28.6. The average Bonchev–Trinajstić information content (AvgIpc) is 3.43. The van der Waals surface area contributed by atoms with Crippen LogP contribution < -0.4 is 15.5 Å². The Kier molecular flexibility index (Phi) is 11.4. The third-order valence-electron chi connectivity index (χ3n) is 8.37. The van der Waals surface area contributed by atoms with Gasteiger partial charge in [0, 0.05) is 50.2 Å². The molecule has 4 aromatic carbocycles. The second kappa shape index (κ2) is 15.9. The summed E-state index contributed by atoms with van der Waals surface area (Å²) in [4.78, 5) is 43.5. The van der Waals surface area contributed by atoms with Crippen molar-refractivity contribution < 1.29 is 32.5 Å². The molecule has 0 unspecified atom stereocenters. The Morgan fingerprint density at radius 2 is 1.48 bits per heavy atom. The molecular formula is C37H39N5O7S. The van der Waals surface area contributed by atoms with Crippen molar-refractivity contribution in [1.29, 1.82) is 0 Å². The van der Waals surface area contributed by atoms with E-state index < -0.39 is 16.1 Å². The lowest BCUT2D eigenvalue weighted by Gasteiger charge is -2.32. The van der Waals surface area contributed by atoms with Crippen molar-refractivity contribution in [3.63, 3.8) is 0 Å². The lowest BCUT2D eigenvalue weighted by atomic mass is 9.99. The zero-order chi connectivity index (χ0) is 35.8. The highest BCUT2D eigenvalue weighted by molar-refractivity contribution is 7.85. The molecule has 0 aromatic heterocycles. The second-order valence-corrected chi connectivity index (χ2v) is 13.5. The number of nitrogens with one attached hydrogen (secondary N) is 2. The Balaban J connectivity index is 0.000000377. The molecule has 2 aliphatic heterocycles. The topological polar surface area (TPSA) is 160 Å². The number of piperazine rings is 1. The Labute approximate surface area is 291 Å². The fourth-order valence-electron chi connectivity index (χ4n) is 5.58. The largest absolute Gasteiger partial charge is 0.478 e. The number of anilines is 3. The molecule has 0 aliphatic carbocycles. The van der Waals surface area contributed by atoms with Gasteiger partial charge in [0.25, 0.3) is 16.0 Å². The van der Waals surface area contributed by atoms with Gasteiger partial charge >= 0.3 is 5.97 Å². The molecule has 2 amide bonds. The third-order valence-corrected chi connectivity index (χ3v) is 9.07. The maximum Gasteiger partial charge on any atom is 0.335 e. The summed E-state index contributed by atoms with van der Waals surface area (Å²) < 4.78 is 29.2. The molecule has 0 saturated carbocycles. The van der Waals surface area contributed by atoms with Gasteiger partial charge in [0.2, 0.25) is 5.91 Å². The summed E-state index contributed by atoms with van der Waals surface area (Å²) >= 11 is 0. The van der Waals surface area contributed by atoms with Crippen LogP contribution in [0.1, 0.15) is 27.0 Å². The van der Waals surface area contributed by atoms with Gasteiger partial charge < -0.3 is 25.5 Å². The molecule has 2 heterocycles. The third kappa shape index (κ3) is 9.42. The number of hydrogen-bond donors (Lipinski definition) is 4. The van der Waals surface area contributed by atoms with Gasteiger partial charge in [-0.1, -0.05) is 66.7 Å². The molecule has 260 valence electrons. The predicted molar refractivity (Wildman–Crippen MR) is 194 cm³/mol. The van der Waals surface area contributed by atoms with E-state index in [0.717, 1.165) is 43.1 Å². The van der Waals surface area contributed by atoms with Crippen molar-refractivity contribution in [3.8, 4) is 0 Å². The first-order valence-electron chi connectivity index (χ1n) is 15.9. The van der Waals surface area contributed by atoms with E-state index >= 15 is 0 Å². The number of rotatable bonds is 9. The summed E-state index contributed by atoms with van der Waals surface area (Å²) in [6.45, 7) is 4.06. The minimum Gasteiger partial charge on any atom is -0.478 e. The van der Waals surface area contributed by atoms with Gasteiger partial charge in [-0.25, -0.2) is 4.79 Å².